The molecule has 38 heavy (non-hydrogen) atoms. The van der Waals surface area contributed by atoms with Gasteiger partial charge in [0.25, 0.3) is 0 Å². The lowest BCUT2D eigenvalue weighted by atomic mass is 9.84. The summed E-state index contributed by atoms with van der Waals surface area (Å²) in [5.41, 5.74) is 4.76. The van der Waals surface area contributed by atoms with Gasteiger partial charge in [0, 0.05) is 41.1 Å². The summed E-state index contributed by atoms with van der Waals surface area (Å²) in [6.07, 6.45) is 6.95. The third-order valence-electron chi connectivity index (χ3n) is 7.13. The van der Waals surface area contributed by atoms with E-state index in [-0.39, 0.29) is 12.4 Å². The lowest BCUT2D eigenvalue weighted by molar-refractivity contribution is 0.172. The lowest BCUT2D eigenvalue weighted by Gasteiger charge is -2.21. The first-order valence-electron chi connectivity index (χ1n) is 13.0. The van der Waals surface area contributed by atoms with Crippen molar-refractivity contribution in [3.63, 3.8) is 0 Å². The van der Waals surface area contributed by atoms with Crippen LogP contribution >= 0.6 is 12.4 Å². The highest BCUT2D eigenvalue weighted by Crippen LogP contribution is 2.36. The van der Waals surface area contributed by atoms with E-state index in [1.54, 1.807) is 24.3 Å². The minimum Gasteiger partial charge on any atom is -0.492 e. The van der Waals surface area contributed by atoms with Crippen molar-refractivity contribution in [3.8, 4) is 5.75 Å². The predicted octanol–water partition coefficient (Wildman–Crippen LogP) is 5.86. The average Bonchev–Trinajstić information content (AvgIpc) is 3.25. The zero-order valence-corrected chi connectivity index (χ0v) is 23.2. The zero-order chi connectivity index (χ0) is 25.8. The quantitative estimate of drug-likeness (QED) is 0.183. The van der Waals surface area contributed by atoms with Crippen LogP contribution in [0.25, 0.3) is 21.8 Å². The fourth-order valence-corrected chi connectivity index (χ4v) is 5.86. The van der Waals surface area contributed by atoms with Crippen molar-refractivity contribution < 1.29 is 18.3 Å². The molecule has 9 heteroatoms. The van der Waals surface area contributed by atoms with E-state index < -0.39 is 16.1 Å². The number of hydrogen-bond donors (Lipinski definition) is 4. The van der Waals surface area contributed by atoms with Crippen molar-refractivity contribution in [1.29, 1.82) is 0 Å². The number of rotatable bonds is 10. The number of hydrogen-bond acceptors (Lipinski definition) is 5. The van der Waals surface area contributed by atoms with Crippen molar-refractivity contribution in [3.05, 3.63) is 71.8 Å². The molecule has 1 saturated carbocycles. The number of aliphatic hydroxyl groups is 1. The number of ether oxygens (including phenoxy) is 1. The number of fused-ring (bicyclic) bond motifs is 3. The van der Waals surface area contributed by atoms with E-state index in [2.05, 4.69) is 39.3 Å². The van der Waals surface area contributed by atoms with Gasteiger partial charge in [-0.1, -0.05) is 43.5 Å². The fraction of sp³-hybridized carbons (Fsp3) is 0.379. The van der Waals surface area contributed by atoms with Crippen LogP contribution in [0.15, 0.2) is 60.7 Å². The highest BCUT2D eigenvalue weighted by molar-refractivity contribution is 7.92. The van der Waals surface area contributed by atoms with E-state index in [0.29, 0.717) is 36.9 Å². The molecule has 5 rings (SSSR count). The molecule has 4 N–H and O–H groups in total. The first-order chi connectivity index (χ1) is 17.9. The highest BCUT2D eigenvalue weighted by atomic mass is 35.5. The van der Waals surface area contributed by atoms with Gasteiger partial charge < -0.3 is 20.1 Å². The Labute approximate surface area is 230 Å². The van der Waals surface area contributed by atoms with Gasteiger partial charge in [-0.2, -0.15) is 0 Å². The number of sulfonamides is 1. The van der Waals surface area contributed by atoms with E-state index in [1.807, 2.05) is 12.1 Å². The Bertz CT molecular complexity index is 1480. The summed E-state index contributed by atoms with van der Waals surface area (Å²) in [6.45, 7) is 1.35. The van der Waals surface area contributed by atoms with Crippen LogP contribution in [0, 0.1) is 0 Å². The number of aromatic amines is 1. The minimum absolute atomic E-state index is 0. The lowest BCUT2D eigenvalue weighted by Crippen LogP contribution is -2.26. The van der Waals surface area contributed by atoms with E-state index in [1.165, 1.54) is 54.0 Å². The van der Waals surface area contributed by atoms with Crippen LogP contribution in [0.1, 0.15) is 55.3 Å². The number of aromatic nitrogens is 1. The largest absolute Gasteiger partial charge is 0.492 e. The smallest absolute Gasteiger partial charge is 0.229 e. The van der Waals surface area contributed by atoms with Crippen LogP contribution < -0.4 is 14.8 Å². The molecule has 7 nitrogen and oxygen atoms in total. The minimum atomic E-state index is -3.36. The van der Waals surface area contributed by atoms with Gasteiger partial charge in [0.2, 0.25) is 10.0 Å². The van der Waals surface area contributed by atoms with Gasteiger partial charge in [-0.05, 0) is 60.2 Å². The van der Waals surface area contributed by atoms with Gasteiger partial charge in [-0.25, -0.2) is 8.42 Å². The highest BCUT2D eigenvalue weighted by Gasteiger charge is 2.17. The van der Waals surface area contributed by atoms with Gasteiger partial charge in [-0.3, -0.25) is 4.72 Å². The van der Waals surface area contributed by atoms with Crippen LogP contribution in [0.2, 0.25) is 0 Å². The summed E-state index contributed by atoms with van der Waals surface area (Å²) >= 11 is 0. The SMILES string of the molecule is CS(=O)(=O)Nc1cccc(C(O)CNCCOc2ccc3c(c2)[nH]c2cc(C4CCCCC4)ccc23)c1.Cl. The molecular weight excluding hydrogens is 522 g/mol. The summed E-state index contributed by atoms with van der Waals surface area (Å²) in [5, 5.41) is 16.1. The van der Waals surface area contributed by atoms with Crippen LogP contribution in [0.5, 0.6) is 5.75 Å². The van der Waals surface area contributed by atoms with Gasteiger partial charge in [0.15, 0.2) is 0 Å². The molecule has 1 heterocycles. The number of halogens is 1. The molecular formula is C29H36ClN3O4S. The number of nitrogens with one attached hydrogen (secondary N) is 3. The maximum Gasteiger partial charge on any atom is 0.229 e. The second kappa shape index (κ2) is 12.4. The molecule has 204 valence electrons. The third kappa shape index (κ3) is 6.99. The molecule has 0 aliphatic heterocycles. The van der Waals surface area contributed by atoms with Crippen molar-refractivity contribution in [1.82, 2.24) is 10.3 Å². The molecule has 1 unspecified atom stereocenters. The zero-order valence-electron chi connectivity index (χ0n) is 21.6. The van der Waals surface area contributed by atoms with Gasteiger partial charge in [-0.15, -0.1) is 12.4 Å². The van der Waals surface area contributed by atoms with Gasteiger partial charge in [0.05, 0.1) is 17.9 Å². The maximum atomic E-state index is 11.4. The predicted molar refractivity (Wildman–Crippen MR) is 157 cm³/mol. The molecule has 1 aliphatic rings. The maximum absolute atomic E-state index is 11.4. The summed E-state index contributed by atoms with van der Waals surface area (Å²) in [4.78, 5) is 3.58. The Kier molecular flexibility index (Phi) is 9.20. The second-order valence-electron chi connectivity index (χ2n) is 10.0. The Morgan fingerprint density at radius 3 is 2.50 bits per heavy atom. The molecule has 1 atom stereocenters. The van der Waals surface area contributed by atoms with Crippen molar-refractivity contribution in [2.75, 3.05) is 30.7 Å². The van der Waals surface area contributed by atoms with E-state index in [9.17, 15) is 13.5 Å². The molecule has 0 bridgehead atoms. The summed E-state index contributed by atoms with van der Waals surface area (Å²) in [7, 11) is -3.36. The number of H-pyrrole nitrogens is 1. The number of aliphatic hydroxyl groups excluding tert-OH is 1. The molecule has 0 saturated heterocycles. The molecule has 0 spiro atoms. The average molecular weight is 558 g/mol. The van der Waals surface area contributed by atoms with Crippen molar-refractivity contribution in [2.24, 2.45) is 0 Å². The molecule has 1 aromatic heterocycles. The Morgan fingerprint density at radius 2 is 1.74 bits per heavy atom. The van der Waals surface area contributed by atoms with E-state index in [4.69, 9.17) is 4.74 Å². The third-order valence-corrected chi connectivity index (χ3v) is 7.74. The summed E-state index contributed by atoms with van der Waals surface area (Å²) in [5.74, 6) is 1.48. The molecule has 4 aromatic rings. The summed E-state index contributed by atoms with van der Waals surface area (Å²) < 4.78 is 31.2. The monoisotopic (exact) mass is 557 g/mol. The first kappa shape index (κ1) is 28.2. The fourth-order valence-electron chi connectivity index (χ4n) is 5.31. The van der Waals surface area contributed by atoms with Gasteiger partial charge >= 0.3 is 0 Å². The summed E-state index contributed by atoms with van der Waals surface area (Å²) in [6, 6.07) is 19.8. The van der Waals surface area contributed by atoms with Crippen LogP contribution in [0.3, 0.4) is 0 Å². The topological polar surface area (TPSA) is 103 Å². The second-order valence-corrected chi connectivity index (χ2v) is 11.8. The Hall–Kier alpha value is -2.78. The van der Waals surface area contributed by atoms with E-state index >= 15 is 0 Å². The number of benzene rings is 3. The number of anilines is 1. The van der Waals surface area contributed by atoms with Gasteiger partial charge in [0.1, 0.15) is 12.4 Å². The van der Waals surface area contributed by atoms with Crippen molar-refractivity contribution >= 4 is 49.9 Å². The Morgan fingerprint density at radius 1 is 1.00 bits per heavy atom. The molecule has 3 aromatic carbocycles. The van der Waals surface area contributed by atoms with Crippen LogP contribution in [-0.4, -0.2) is 44.5 Å². The first-order valence-corrected chi connectivity index (χ1v) is 14.9. The normalized spacial score (nSPS) is 15.3. The standard InChI is InChI=1S/C29H35N3O4S.ClH/c1-37(34,35)32-23-9-5-8-22(16-23)29(33)19-30-14-15-36-24-11-13-26-25-12-10-21(20-6-3-2-4-7-20)17-27(25)31-28(26)18-24;/h5,8-13,16-18,20,29-33H,2-4,6-7,14-15,19H2,1H3;1H. The molecule has 1 fully saturated rings. The molecule has 0 radical (unpaired) electrons. The van der Waals surface area contributed by atoms with Crippen LogP contribution in [-0.2, 0) is 10.0 Å². The molecule has 0 amide bonds. The molecule has 1 aliphatic carbocycles. The van der Waals surface area contributed by atoms with Crippen molar-refractivity contribution in [2.45, 2.75) is 44.1 Å². The van der Waals surface area contributed by atoms with E-state index in [0.717, 1.165) is 17.5 Å². The Balaban J connectivity index is 0.00000336. The van der Waals surface area contributed by atoms with Crippen LogP contribution in [0.4, 0.5) is 5.69 Å².